The summed E-state index contributed by atoms with van der Waals surface area (Å²) in [5, 5.41) is -0.0625. The van der Waals surface area contributed by atoms with Gasteiger partial charge in [-0.3, -0.25) is 9.78 Å². The van der Waals surface area contributed by atoms with Gasteiger partial charge in [-0.15, -0.1) is 11.8 Å². The Balaban J connectivity index is 1.89. The average Bonchev–Trinajstić information content (AvgIpc) is 2.53. The summed E-state index contributed by atoms with van der Waals surface area (Å²) in [4.78, 5) is 18.1. The zero-order valence-corrected chi connectivity index (χ0v) is 13.3. The smallest absolute Gasteiger partial charge is 0.224 e. The standard InChI is InChI=1S/C16H14ClFN2OS/c17-13-9-12(1-2-14(13)18)16-20(15(21)5-8-22-16)10-11-3-6-19-7-4-11/h1-4,6-7,9,16H,5,8,10H2. The van der Waals surface area contributed by atoms with Crippen LogP contribution in [0.4, 0.5) is 4.39 Å². The quantitative estimate of drug-likeness (QED) is 0.848. The van der Waals surface area contributed by atoms with E-state index in [9.17, 15) is 9.18 Å². The second-order valence-corrected chi connectivity index (χ2v) is 6.62. The molecule has 1 fully saturated rings. The fourth-order valence-electron chi connectivity index (χ4n) is 2.42. The zero-order valence-electron chi connectivity index (χ0n) is 11.7. The lowest BCUT2D eigenvalue weighted by Gasteiger charge is -2.35. The predicted molar refractivity (Wildman–Crippen MR) is 86.0 cm³/mol. The van der Waals surface area contributed by atoms with Crippen LogP contribution in [0.5, 0.6) is 0 Å². The van der Waals surface area contributed by atoms with Gasteiger partial charge in [-0.1, -0.05) is 17.7 Å². The molecule has 1 saturated heterocycles. The SMILES string of the molecule is O=C1CCSC(c2ccc(F)c(Cl)c2)N1Cc1ccncc1. The van der Waals surface area contributed by atoms with Gasteiger partial charge in [0.2, 0.25) is 5.91 Å². The highest BCUT2D eigenvalue weighted by Crippen LogP contribution is 2.39. The molecule has 22 heavy (non-hydrogen) atoms. The average molecular weight is 337 g/mol. The van der Waals surface area contributed by atoms with Crippen molar-refractivity contribution in [2.45, 2.75) is 18.3 Å². The van der Waals surface area contributed by atoms with Gasteiger partial charge in [0.25, 0.3) is 0 Å². The van der Waals surface area contributed by atoms with E-state index in [1.165, 1.54) is 6.07 Å². The van der Waals surface area contributed by atoms with Crippen LogP contribution in [0.3, 0.4) is 0 Å². The van der Waals surface area contributed by atoms with Crippen molar-refractivity contribution in [3.63, 3.8) is 0 Å². The van der Waals surface area contributed by atoms with Gasteiger partial charge < -0.3 is 4.90 Å². The largest absolute Gasteiger partial charge is 0.322 e. The van der Waals surface area contributed by atoms with E-state index in [0.29, 0.717) is 13.0 Å². The number of hydrogen-bond acceptors (Lipinski definition) is 3. The summed E-state index contributed by atoms with van der Waals surface area (Å²) in [7, 11) is 0. The molecule has 3 rings (SSSR count). The highest BCUT2D eigenvalue weighted by Gasteiger charge is 2.30. The van der Waals surface area contributed by atoms with Crippen LogP contribution in [-0.4, -0.2) is 21.5 Å². The number of thioether (sulfide) groups is 1. The summed E-state index contributed by atoms with van der Waals surface area (Å²) in [6, 6.07) is 8.42. The van der Waals surface area contributed by atoms with E-state index in [1.807, 2.05) is 17.0 Å². The molecule has 1 aromatic heterocycles. The van der Waals surface area contributed by atoms with Gasteiger partial charge >= 0.3 is 0 Å². The number of carbonyl (C=O) groups is 1. The lowest BCUT2D eigenvalue weighted by Crippen LogP contribution is -2.36. The third kappa shape index (κ3) is 3.25. The van der Waals surface area contributed by atoms with Crippen LogP contribution >= 0.6 is 23.4 Å². The molecule has 2 heterocycles. The van der Waals surface area contributed by atoms with Crippen LogP contribution in [0, 0.1) is 5.82 Å². The first-order chi connectivity index (χ1) is 10.6. The number of rotatable bonds is 3. The lowest BCUT2D eigenvalue weighted by atomic mass is 10.1. The van der Waals surface area contributed by atoms with Crippen LogP contribution in [0.25, 0.3) is 0 Å². The van der Waals surface area contributed by atoms with E-state index in [4.69, 9.17) is 11.6 Å². The first-order valence-electron chi connectivity index (χ1n) is 6.90. The molecule has 0 aliphatic carbocycles. The Morgan fingerprint density at radius 1 is 1.32 bits per heavy atom. The predicted octanol–water partition coefficient (Wildman–Crippen LogP) is 4.04. The summed E-state index contributed by atoms with van der Waals surface area (Å²) in [5.41, 5.74) is 1.86. The Labute approximate surface area is 137 Å². The van der Waals surface area contributed by atoms with Crippen LogP contribution in [0.1, 0.15) is 22.9 Å². The van der Waals surface area contributed by atoms with Crippen molar-refractivity contribution in [1.82, 2.24) is 9.88 Å². The molecule has 114 valence electrons. The van der Waals surface area contributed by atoms with E-state index in [0.717, 1.165) is 16.9 Å². The number of halogens is 2. The van der Waals surface area contributed by atoms with Crippen molar-refractivity contribution in [1.29, 1.82) is 0 Å². The van der Waals surface area contributed by atoms with Gasteiger partial charge in [-0.2, -0.15) is 0 Å². The number of carbonyl (C=O) groups excluding carboxylic acids is 1. The van der Waals surface area contributed by atoms with Crippen molar-refractivity contribution in [2.75, 3.05) is 5.75 Å². The summed E-state index contributed by atoms with van der Waals surface area (Å²) in [5.74, 6) is 0.407. The maximum atomic E-state index is 13.4. The fraction of sp³-hybridized carbons (Fsp3) is 0.250. The van der Waals surface area contributed by atoms with Crippen molar-refractivity contribution >= 4 is 29.3 Å². The van der Waals surface area contributed by atoms with E-state index < -0.39 is 5.82 Å². The van der Waals surface area contributed by atoms with Gasteiger partial charge in [-0.05, 0) is 35.4 Å². The molecule has 1 aliphatic heterocycles. The molecule has 2 aromatic rings. The van der Waals surface area contributed by atoms with Gasteiger partial charge in [0.1, 0.15) is 11.2 Å². The monoisotopic (exact) mass is 336 g/mol. The Bertz CT molecular complexity index is 683. The molecule has 0 radical (unpaired) electrons. The van der Waals surface area contributed by atoms with E-state index >= 15 is 0 Å². The van der Waals surface area contributed by atoms with E-state index in [2.05, 4.69) is 4.98 Å². The van der Waals surface area contributed by atoms with E-state index in [-0.39, 0.29) is 16.3 Å². The second kappa shape index (κ2) is 6.67. The van der Waals surface area contributed by atoms with Crippen molar-refractivity contribution < 1.29 is 9.18 Å². The summed E-state index contributed by atoms with van der Waals surface area (Å²) < 4.78 is 13.4. The maximum Gasteiger partial charge on any atom is 0.224 e. The molecule has 1 aliphatic rings. The zero-order chi connectivity index (χ0) is 15.5. The number of pyridine rings is 1. The Morgan fingerprint density at radius 2 is 2.09 bits per heavy atom. The highest BCUT2D eigenvalue weighted by molar-refractivity contribution is 7.99. The summed E-state index contributed by atoms with van der Waals surface area (Å²) in [6.07, 6.45) is 3.93. The topological polar surface area (TPSA) is 33.2 Å². The Kier molecular flexibility index (Phi) is 4.64. The minimum absolute atomic E-state index is 0.0833. The molecule has 0 spiro atoms. The number of aromatic nitrogens is 1. The number of hydrogen-bond donors (Lipinski definition) is 0. The minimum atomic E-state index is -0.446. The fourth-order valence-corrected chi connectivity index (χ4v) is 3.84. The number of amides is 1. The Hall–Kier alpha value is -1.59. The van der Waals surface area contributed by atoms with Crippen LogP contribution < -0.4 is 0 Å². The first kappa shape index (κ1) is 15.3. The second-order valence-electron chi connectivity index (χ2n) is 5.02. The van der Waals surface area contributed by atoms with Gasteiger partial charge in [0.05, 0.1) is 5.02 Å². The molecule has 0 saturated carbocycles. The molecule has 1 atom stereocenters. The van der Waals surface area contributed by atoms with Gasteiger partial charge in [-0.25, -0.2) is 4.39 Å². The van der Waals surface area contributed by atoms with Crippen LogP contribution in [0.2, 0.25) is 5.02 Å². The molecule has 1 amide bonds. The van der Waals surface area contributed by atoms with Gasteiger partial charge in [0, 0.05) is 31.1 Å². The molecular formula is C16H14ClFN2OS. The summed E-state index contributed by atoms with van der Waals surface area (Å²) >= 11 is 7.55. The van der Waals surface area contributed by atoms with Crippen LogP contribution in [-0.2, 0) is 11.3 Å². The molecule has 6 heteroatoms. The molecule has 1 unspecified atom stereocenters. The summed E-state index contributed by atoms with van der Waals surface area (Å²) in [6.45, 7) is 0.508. The van der Waals surface area contributed by atoms with Crippen molar-refractivity contribution in [3.05, 3.63) is 64.7 Å². The van der Waals surface area contributed by atoms with Crippen molar-refractivity contribution in [3.8, 4) is 0 Å². The minimum Gasteiger partial charge on any atom is -0.322 e. The molecule has 0 bridgehead atoms. The molecular weight excluding hydrogens is 323 g/mol. The first-order valence-corrected chi connectivity index (χ1v) is 8.33. The lowest BCUT2D eigenvalue weighted by molar-refractivity contribution is -0.132. The van der Waals surface area contributed by atoms with Gasteiger partial charge in [0.15, 0.2) is 0 Å². The highest BCUT2D eigenvalue weighted by atomic mass is 35.5. The third-order valence-electron chi connectivity index (χ3n) is 3.53. The third-order valence-corrected chi connectivity index (χ3v) is 5.10. The van der Waals surface area contributed by atoms with Crippen molar-refractivity contribution in [2.24, 2.45) is 0 Å². The molecule has 1 aromatic carbocycles. The molecule has 0 N–H and O–H groups in total. The number of nitrogens with zero attached hydrogens (tertiary/aromatic N) is 2. The number of benzene rings is 1. The van der Waals surface area contributed by atoms with Crippen LogP contribution in [0.15, 0.2) is 42.7 Å². The Morgan fingerprint density at radius 3 is 2.82 bits per heavy atom. The maximum absolute atomic E-state index is 13.4. The normalized spacial score (nSPS) is 18.5. The van der Waals surface area contributed by atoms with E-state index in [1.54, 1.807) is 36.3 Å². The molecule has 3 nitrogen and oxygen atoms in total.